The highest BCUT2D eigenvalue weighted by atomic mass is 19.4. The second-order valence-electron chi connectivity index (χ2n) is 6.48. The number of nitrogens with zero attached hydrogens (tertiary/aromatic N) is 2. The van der Waals surface area contributed by atoms with Crippen LogP contribution in [-0.4, -0.2) is 16.7 Å². The lowest BCUT2D eigenvalue weighted by molar-refractivity contribution is -0.142. The first kappa shape index (κ1) is 18.0. The molecule has 0 atom stereocenters. The van der Waals surface area contributed by atoms with Gasteiger partial charge in [0.25, 0.3) is 0 Å². The molecule has 0 aliphatic rings. The Kier molecular flexibility index (Phi) is 4.10. The van der Waals surface area contributed by atoms with Gasteiger partial charge in [0, 0.05) is 23.2 Å². The third-order valence-electron chi connectivity index (χ3n) is 4.57. The Labute approximate surface area is 157 Å². The van der Waals surface area contributed by atoms with E-state index < -0.39 is 17.3 Å². The van der Waals surface area contributed by atoms with Gasteiger partial charge in [-0.25, -0.2) is 4.98 Å². The van der Waals surface area contributed by atoms with Gasteiger partial charge in [0.1, 0.15) is 17.1 Å². The fraction of sp³-hybridized carbons (Fsp3) is 0.143. The zero-order valence-electron chi connectivity index (χ0n) is 15.0. The van der Waals surface area contributed by atoms with Gasteiger partial charge in [0.2, 0.25) is 0 Å². The number of hydrogen-bond donors (Lipinski definition) is 0. The standard InChI is InChI=1S/C21H15F3N2O2/c1-12-3-6-14(7-4-12)26-19(21(22,23)24)11-18(27)16-9-13-5-8-15(28-2)10-17(13)25-20(16)26/h3-11H,1-2H3. The summed E-state index contributed by atoms with van der Waals surface area (Å²) in [5.74, 6) is 0.524. The molecule has 142 valence electrons. The number of hydrogen-bond acceptors (Lipinski definition) is 3. The minimum Gasteiger partial charge on any atom is -0.497 e. The van der Waals surface area contributed by atoms with Crippen molar-refractivity contribution in [3.8, 4) is 11.4 Å². The van der Waals surface area contributed by atoms with Crippen LogP contribution in [0.3, 0.4) is 0 Å². The molecule has 0 spiro atoms. The first-order chi connectivity index (χ1) is 13.3. The Morgan fingerprint density at radius 2 is 1.71 bits per heavy atom. The molecule has 0 amide bonds. The molecule has 0 saturated heterocycles. The number of aromatic nitrogens is 2. The van der Waals surface area contributed by atoms with Gasteiger partial charge in [-0.1, -0.05) is 17.7 Å². The highest BCUT2D eigenvalue weighted by molar-refractivity contribution is 5.92. The van der Waals surface area contributed by atoms with Crippen LogP contribution in [0.25, 0.3) is 27.6 Å². The zero-order valence-corrected chi connectivity index (χ0v) is 15.0. The van der Waals surface area contributed by atoms with Crippen LogP contribution < -0.4 is 10.2 Å². The van der Waals surface area contributed by atoms with Gasteiger partial charge in [-0.2, -0.15) is 13.2 Å². The number of aryl methyl sites for hydroxylation is 1. The fourth-order valence-corrected chi connectivity index (χ4v) is 3.16. The van der Waals surface area contributed by atoms with Crippen molar-refractivity contribution >= 4 is 21.9 Å². The van der Waals surface area contributed by atoms with Gasteiger partial charge in [0.05, 0.1) is 18.0 Å². The number of ether oxygens (including phenoxy) is 1. The Bertz CT molecular complexity index is 1260. The van der Waals surface area contributed by atoms with Crippen LogP contribution in [0.1, 0.15) is 11.3 Å². The van der Waals surface area contributed by atoms with E-state index in [0.29, 0.717) is 22.7 Å². The lowest BCUT2D eigenvalue weighted by Crippen LogP contribution is -2.21. The van der Waals surface area contributed by atoms with Gasteiger partial charge < -0.3 is 4.74 Å². The van der Waals surface area contributed by atoms with Crippen molar-refractivity contribution < 1.29 is 17.9 Å². The highest BCUT2D eigenvalue weighted by Crippen LogP contribution is 2.33. The number of benzene rings is 2. The molecule has 0 N–H and O–H groups in total. The predicted octanol–water partition coefficient (Wildman–Crippen LogP) is 4.87. The highest BCUT2D eigenvalue weighted by Gasteiger charge is 2.36. The first-order valence-electron chi connectivity index (χ1n) is 8.47. The van der Waals surface area contributed by atoms with Gasteiger partial charge in [0.15, 0.2) is 5.43 Å². The molecule has 4 nitrogen and oxygen atoms in total. The van der Waals surface area contributed by atoms with E-state index in [1.165, 1.54) is 7.11 Å². The molecule has 28 heavy (non-hydrogen) atoms. The van der Waals surface area contributed by atoms with E-state index in [-0.39, 0.29) is 16.7 Å². The molecular weight excluding hydrogens is 369 g/mol. The minimum atomic E-state index is -4.72. The molecular formula is C21H15F3N2O2. The molecule has 0 aliphatic heterocycles. The van der Waals surface area contributed by atoms with Crippen LogP contribution in [0, 0.1) is 6.92 Å². The normalized spacial score (nSPS) is 11.9. The summed E-state index contributed by atoms with van der Waals surface area (Å²) in [6.07, 6.45) is -4.72. The molecule has 4 rings (SSSR count). The third-order valence-corrected chi connectivity index (χ3v) is 4.57. The molecule has 2 aromatic heterocycles. The summed E-state index contributed by atoms with van der Waals surface area (Å²) in [7, 11) is 1.49. The summed E-state index contributed by atoms with van der Waals surface area (Å²) in [6, 6.07) is 13.8. The molecule has 4 aromatic rings. The maximum absolute atomic E-state index is 13.7. The Hall–Kier alpha value is -3.35. The summed E-state index contributed by atoms with van der Waals surface area (Å²) in [6.45, 7) is 1.84. The van der Waals surface area contributed by atoms with Crippen molar-refractivity contribution in [3.05, 3.63) is 76.1 Å². The van der Waals surface area contributed by atoms with Gasteiger partial charge in [-0.3, -0.25) is 9.36 Å². The molecule has 0 saturated carbocycles. The van der Waals surface area contributed by atoms with E-state index in [9.17, 15) is 18.0 Å². The van der Waals surface area contributed by atoms with Gasteiger partial charge >= 0.3 is 6.18 Å². The van der Waals surface area contributed by atoms with E-state index in [0.717, 1.165) is 10.1 Å². The molecule has 0 fully saturated rings. The Morgan fingerprint density at radius 1 is 1.00 bits per heavy atom. The van der Waals surface area contributed by atoms with E-state index >= 15 is 0 Å². The summed E-state index contributed by atoms with van der Waals surface area (Å²) in [5, 5.41) is 0.756. The van der Waals surface area contributed by atoms with Crippen molar-refractivity contribution in [1.29, 1.82) is 0 Å². The second-order valence-corrected chi connectivity index (χ2v) is 6.48. The van der Waals surface area contributed by atoms with Gasteiger partial charge in [-0.15, -0.1) is 0 Å². The lowest BCUT2D eigenvalue weighted by Gasteiger charge is -2.18. The fourth-order valence-electron chi connectivity index (χ4n) is 3.16. The van der Waals surface area contributed by atoms with Crippen molar-refractivity contribution in [2.45, 2.75) is 13.1 Å². The van der Waals surface area contributed by atoms with Crippen LogP contribution in [0.2, 0.25) is 0 Å². The number of pyridine rings is 2. The molecule has 0 aliphatic carbocycles. The monoisotopic (exact) mass is 384 g/mol. The number of rotatable bonds is 2. The zero-order chi connectivity index (χ0) is 20.1. The van der Waals surface area contributed by atoms with Crippen molar-refractivity contribution in [1.82, 2.24) is 9.55 Å². The second kappa shape index (κ2) is 6.37. The smallest absolute Gasteiger partial charge is 0.431 e. The maximum atomic E-state index is 13.7. The summed E-state index contributed by atoms with van der Waals surface area (Å²) >= 11 is 0. The molecule has 2 aromatic carbocycles. The summed E-state index contributed by atoms with van der Waals surface area (Å²) < 4.78 is 47.4. The molecule has 0 unspecified atom stereocenters. The number of fused-ring (bicyclic) bond motifs is 2. The molecule has 0 bridgehead atoms. The van der Waals surface area contributed by atoms with E-state index in [4.69, 9.17) is 4.74 Å². The van der Waals surface area contributed by atoms with Crippen LogP contribution in [0.15, 0.2) is 59.4 Å². The number of alkyl halides is 3. The number of halogens is 3. The predicted molar refractivity (Wildman–Crippen MR) is 101 cm³/mol. The minimum absolute atomic E-state index is 0.0515. The third kappa shape index (κ3) is 2.98. The van der Waals surface area contributed by atoms with E-state index in [2.05, 4.69) is 4.98 Å². The van der Waals surface area contributed by atoms with Crippen molar-refractivity contribution in [2.24, 2.45) is 0 Å². The largest absolute Gasteiger partial charge is 0.497 e. The summed E-state index contributed by atoms with van der Waals surface area (Å²) in [5.41, 5.74) is -0.223. The topological polar surface area (TPSA) is 44.1 Å². The average molecular weight is 384 g/mol. The molecule has 0 radical (unpaired) electrons. The quantitative estimate of drug-likeness (QED) is 0.463. The molecule has 7 heteroatoms. The maximum Gasteiger partial charge on any atom is 0.431 e. The SMILES string of the molecule is COc1ccc2cc3c(=O)cc(C(F)(F)F)n(-c4ccc(C)cc4)c3nc2c1. The number of methoxy groups -OCH3 is 1. The first-order valence-corrected chi connectivity index (χ1v) is 8.47. The van der Waals surface area contributed by atoms with E-state index in [1.807, 2.05) is 6.92 Å². The average Bonchev–Trinajstić information content (AvgIpc) is 2.66. The van der Waals surface area contributed by atoms with Gasteiger partial charge in [-0.05, 0) is 37.3 Å². The van der Waals surface area contributed by atoms with Crippen LogP contribution in [-0.2, 0) is 6.18 Å². The van der Waals surface area contributed by atoms with Crippen LogP contribution in [0.5, 0.6) is 5.75 Å². The molecule has 2 heterocycles. The van der Waals surface area contributed by atoms with Crippen molar-refractivity contribution in [2.75, 3.05) is 7.11 Å². The summed E-state index contributed by atoms with van der Waals surface area (Å²) in [4.78, 5) is 16.9. The van der Waals surface area contributed by atoms with Crippen LogP contribution in [0.4, 0.5) is 13.2 Å². The Balaban J connectivity index is 2.17. The van der Waals surface area contributed by atoms with Crippen molar-refractivity contribution in [3.63, 3.8) is 0 Å². The van der Waals surface area contributed by atoms with E-state index in [1.54, 1.807) is 48.5 Å². The Morgan fingerprint density at radius 3 is 2.36 bits per heavy atom. The van der Waals surface area contributed by atoms with Crippen LogP contribution >= 0.6 is 0 Å². The lowest BCUT2D eigenvalue weighted by atomic mass is 10.1.